The Morgan fingerprint density at radius 2 is 1.58 bits per heavy atom. The molecule has 0 atom stereocenters. The van der Waals surface area contributed by atoms with Crippen LogP contribution in [-0.4, -0.2) is 45.4 Å². The maximum absolute atomic E-state index is 12.9. The second-order valence-electron chi connectivity index (χ2n) is 10.5. The molecule has 1 heterocycles. The third-order valence-corrected chi connectivity index (χ3v) is 10.2. The molecule has 4 saturated carbocycles. The third kappa shape index (κ3) is 4.11. The highest BCUT2D eigenvalue weighted by Gasteiger charge is 2.50. The summed E-state index contributed by atoms with van der Waals surface area (Å²) < 4.78 is 32.5. The average molecular weight is 447 g/mol. The fourth-order valence-electron chi connectivity index (χ4n) is 7.18. The summed E-state index contributed by atoms with van der Waals surface area (Å²) in [7, 11) is -1.98. The molecule has 1 saturated heterocycles. The van der Waals surface area contributed by atoms with Crippen LogP contribution in [0.25, 0.3) is 0 Å². The van der Waals surface area contributed by atoms with Crippen molar-refractivity contribution < 1.29 is 17.9 Å². The van der Waals surface area contributed by atoms with Crippen molar-refractivity contribution in [2.45, 2.75) is 56.3 Å². The number of nitrogens with zero attached hydrogens (tertiary/aromatic N) is 1. The van der Waals surface area contributed by atoms with Crippen LogP contribution >= 0.6 is 0 Å². The summed E-state index contributed by atoms with van der Waals surface area (Å²) in [5.74, 6) is 3.32. The first kappa shape index (κ1) is 21.3. The normalized spacial score (nSPS) is 33.4. The molecule has 6 nitrogen and oxygen atoms in total. The van der Waals surface area contributed by atoms with Crippen molar-refractivity contribution in [3.63, 3.8) is 0 Å². The first-order chi connectivity index (χ1) is 14.9. The van der Waals surface area contributed by atoms with E-state index in [1.807, 2.05) is 0 Å². The van der Waals surface area contributed by atoms with Crippen molar-refractivity contribution in [2.24, 2.45) is 29.1 Å². The summed E-state index contributed by atoms with van der Waals surface area (Å²) in [6, 6.07) is 6.49. The van der Waals surface area contributed by atoms with Crippen LogP contribution in [0.15, 0.2) is 29.2 Å². The summed E-state index contributed by atoms with van der Waals surface area (Å²) >= 11 is 0. The van der Waals surface area contributed by atoms with Crippen molar-refractivity contribution in [2.75, 3.05) is 26.7 Å². The van der Waals surface area contributed by atoms with Crippen molar-refractivity contribution in [3.8, 4) is 5.75 Å². The van der Waals surface area contributed by atoms with E-state index in [0.29, 0.717) is 37.1 Å². The Labute approximate surface area is 185 Å². The van der Waals surface area contributed by atoms with E-state index in [0.717, 1.165) is 24.3 Å². The van der Waals surface area contributed by atoms with E-state index in [9.17, 15) is 13.2 Å². The summed E-state index contributed by atoms with van der Waals surface area (Å²) in [5.41, 5.74) is 0.336. The summed E-state index contributed by atoms with van der Waals surface area (Å²) in [5, 5.41) is 3.29. The van der Waals surface area contributed by atoms with Crippen LogP contribution < -0.4 is 10.1 Å². The van der Waals surface area contributed by atoms with Gasteiger partial charge >= 0.3 is 0 Å². The van der Waals surface area contributed by atoms with E-state index in [1.54, 1.807) is 31.4 Å². The predicted octanol–water partition coefficient (Wildman–Crippen LogP) is 3.43. The van der Waals surface area contributed by atoms with Gasteiger partial charge in [0.1, 0.15) is 5.75 Å². The number of hydrogen-bond acceptors (Lipinski definition) is 4. The van der Waals surface area contributed by atoms with E-state index in [2.05, 4.69) is 5.32 Å². The van der Waals surface area contributed by atoms with Gasteiger partial charge in [-0.2, -0.15) is 4.31 Å². The largest absolute Gasteiger partial charge is 0.497 e. The number of carbonyl (C=O) groups is 1. The molecule has 7 heteroatoms. The molecule has 0 radical (unpaired) electrons. The molecule has 31 heavy (non-hydrogen) atoms. The summed E-state index contributed by atoms with van der Waals surface area (Å²) in [6.45, 7) is 1.60. The standard InChI is InChI=1S/C24H34N2O4S/c1-30-21-2-4-22(5-3-21)31(28,29)26-8-6-20(7-9-26)23(27)25-16-24-13-17-10-18(14-24)12-19(11-17)15-24/h2-5,17-20H,6-16H2,1H3,(H,25,27). The topological polar surface area (TPSA) is 75.7 Å². The molecular formula is C24H34N2O4S. The lowest BCUT2D eigenvalue weighted by molar-refractivity contribution is -0.128. The number of sulfonamides is 1. The molecule has 4 aliphatic carbocycles. The molecule has 5 fully saturated rings. The van der Waals surface area contributed by atoms with Gasteiger partial charge in [-0.3, -0.25) is 4.79 Å². The molecular weight excluding hydrogens is 412 g/mol. The number of benzene rings is 1. The smallest absolute Gasteiger partial charge is 0.243 e. The molecule has 1 aromatic carbocycles. The van der Waals surface area contributed by atoms with Gasteiger partial charge in [0.05, 0.1) is 12.0 Å². The van der Waals surface area contributed by atoms with Gasteiger partial charge < -0.3 is 10.1 Å². The van der Waals surface area contributed by atoms with Crippen LogP contribution in [0, 0.1) is 29.1 Å². The van der Waals surface area contributed by atoms with Crippen LogP contribution in [0.1, 0.15) is 51.4 Å². The Morgan fingerprint density at radius 3 is 2.10 bits per heavy atom. The van der Waals surface area contributed by atoms with Gasteiger partial charge in [0.2, 0.25) is 15.9 Å². The Balaban J connectivity index is 1.15. The van der Waals surface area contributed by atoms with Crippen molar-refractivity contribution in [1.29, 1.82) is 0 Å². The monoisotopic (exact) mass is 446 g/mol. The van der Waals surface area contributed by atoms with Crippen LogP contribution in [0.4, 0.5) is 0 Å². The van der Waals surface area contributed by atoms with Gasteiger partial charge in [0.25, 0.3) is 0 Å². The Kier molecular flexibility index (Phi) is 5.53. The van der Waals surface area contributed by atoms with E-state index in [1.165, 1.54) is 42.8 Å². The predicted molar refractivity (Wildman–Crippen MR) is 118 cm³/mol. The third-order valence-electron chi connectivity index (χ3n) is 8.32. The van der Waals surface area contributed by atoms with Crippen molar-refractivity contribution in [1.82, 2.24) is 9.62 Å². The zero-order valence-electron chi connectivity index (χ0n) is 18.4. The van der Waals surface area contributed by atoms with Crippen LogP contribution in [0.3, 0.4) is 0 Å². The lowest BCUT2D eigenvalue weighted by Gasteiger charge is -2.57. The SMILES string of the molecule is COc1ccc(S(=O)(=O)N2CCC(C(=O)NCC34CC5CC(CC(C5)C3)C4)CC2)cc1. The Bertz CT molecular complexity index is 884. The minimum absolute atomic E-state index is 0.0868. The van der Waals surface area contributed by atoms with Crippen molar-refractivity contribution in [3.05, 3.63) is 24.3 Å². The molecule has 1 amide bonds. The van der Waals surface area contributed by atoms with Crippen LogP contribution in [0.2, 0.25) is 0 Å². The molecule has 0 spiro atoms. The summed E-state index contributed by atoms with van der Waals surface area (Å²) in [6.07, 6.45) is 9.27. The molecule has 0 unspecified atom stereocenters. The van der Waals surface area contributed by atoms with Gasteiger partial charge in [0, 0.05) is 25.6 Å². The first-order valence-corrected chi connectivity index (χ1v) is 13.2. The maximum Gasteiger partial charge on any atom is 0.243 e. The van der Waals surface area contributed by atoms with E-state index >= 15 is 0 Å². The highest BCUT2D eigenvalue weighted by molar-refractivity contribution is 7.89. The number of carbonyl (C=O) groups excluding carboxylic acids is 1. The Hall–Kier alpha value is -1.60. The first-order valence-electron chi connectivity index (χ1n) is 11.8. The lowest BCUT2D eigenvalue weighted by Crippen LogP contribution is -2.52. The number of ether oxygens (including phenoxy) is 1. The lowest BCUT2D eigenvalue weighted by atomic mass is 9.49. The van der Waals surface area contributed by atoms with Crippen molar-refractivity contribution >= 4 is 15.9 Å². The average Bonchev–Trinajstić information content (AvgIpc) is 2.77. The highest BCUT2D eigenvalue weighted by Crippen LogP contribution is 2.59. The second-order valence-corrected chi connectivity index (χ2v) is 12.4. The number of rotatable bonds is 6. The van der Waals surface area contributed by atoms with E-state index in [4.69, 9.17) is 4.74 Å². The number of nitrogens with one attached hydrogen (secondary N) is 1. The molecule has 0 aromatic heterocycles. The fourth-order valence-corrected chi connectivity index (χ4v) is 8.65. The van der Waals surface area contributed by atoms with Gasteiger partial charge in [-0.05, 0) is 98.8 Å². The van der Waals surface area contributed by atoms with E-state index in [-0.39, 0.29) is 16.7 Å². The quantitative estimate of drug-likeness (QED) is 0.726. The highest BCUT2D eigenvalue weighted by atomic mass is 32.2. The number of piperidine rings is 1. The maximum atomic E-state index is 12.9. The second kappa shape index (κ2) is 8.07. The Morgan fingerprint density at radius 1 is 1.03 bits per heavy atom. The van der Waals surface area contributed by atoms with Gasteiger partial charge in [-0.15, -0.1) is 0 Å². The molecule has 6 rings (SSSR count). The van der Waals surface area contributed by atoms with Crippen LogP contribution in [-0.2, 0) is 14.8 Å². The molecule has 4 bridgehead atoms. The minimum Gasteiger partial charge on any atom is -0.497 e. The molecule has 1 N–H and O–H groups in total. The zero-order chi connectivity index (χ0) is 21.6. The van der Waals surface area contributed by atoms with Gasteiger partial charge in [0.15, 0.2) is 0 Å². The molecule has 1 aromatic rings. The van der Waals surface area contributed by atoms with E-state index < -0.39 is 10.0 Å². The molecule has 1 aliphatic heterocycles. The zero-order valence-corrected chi connectivity index (χ0v) is 19.2. The van der Waals surface area contributed by atoms with Crippen LogP contribution in [0.5, 0.6) is 5.75 Å². The molecule has 170 valence electrons. The summed E-state index contributed by atoms with van der Waals surface area (Å²) in [4.78, 5) is 13.2. The number of hydrogen-bond donors (Lipinski definition) is 1. The number of amides is 1. The minimum atomic E-state index is -3.53. The van der Waals surface area contributed by atoms with Gasteiger partial charge in [-0.1, -0.05) is 0 Å². The van der Waals surface area contributed by atoms with Gasteiger partial charge in [-0.25, -0.2) is 8.42 Å². The molecule has 5 aliphatic rings. The number of methoxy groups -OCH3 is 1. The fraction of sp³-hybridized carbons (Fsp3) is 0.708.